The minimum absolute atomic E-state index is 0.0118. The van der Waals surface area contributed by atoms with E-state index < -0.39 is 0 Å². The summed E-state index contributed by atoms with van der Waals surface area (Å²) in [6.45, 7) is 2.05. The average molecular weight is 280 g/mol. The molecule has 0 amide bonds. The Labute approximate surface area is 116 Å². The van der Waals surface area contributed by atoms with Gasteiger partial charge in [-0.1, -0.05) is 30.3 Å². The van der Waals surface area contributed by atoms with E-state index in [2.05, 4.69) is 9.97 Å². The van der Waals surface area contributed by atoms with E-state index in [1.165, 1.54) is 0 Å². The van der Waals surface area contributed by atoms with Crippen LogP contribution in [0.3, 0.4) is 0 Å². The van der Waals surface area contributed by atoms with E-state index in [-0.39, 0.29) is 6.04 Å². The first-order valence-corrected chi connectivity index (χ1v) is 6.89. The highest BCUT2D eigenvalue weighted by molar-refractivity contribution is 7.99. The highest BCUT2D eigenvalue weighted by Crippen LogP contribution is 2.26. The molecule has 0 saturated carbocycles. The van der Waals surface area contributed by atoms with Gasteiger partial charge in [-0.25, -0.2) is 4.98 Å². The van der Waals surface area contributed by atoms with Crippen LogP contribution < -0.4 is 5.73 Å². The monoisotopic (exact) mass is 279 g/mol. The van der Waals surface area contributed by atoms with Crippen molar-refractivity contribution in [1.82, 2.24) is 9.97 Å². The van der Waals surface area contributed by atoms with Gasteiger partial charge >= 0.3 is 0 Å². The Morgan fingerprint density at radius 3 is 2.61 bits per heavy atom. The van der Waals surface area contributed by atoms with E-state index in [9.17, 15) is 0 Å². The average Bonchev–Trinajstić information content (AvgIpc) is 2.41. The van der Waals surface area contributed by atoms with Gasteiger partial charge in [-0.05, 0) is 30.7 Å². The topological polar surface area (TPSA) is 51.8 Å². The van der Waals surface area contributed by atoms with Crippen molar-refractivity contribution in [3.63, 3.8) is 0 Å². The number of nitrogens with zero attached hydrogens (tertiary/aromatic N) is 2. The Bertz CT molecular complexity index is 499. The molecule has 0 fully saturated rings. The quantitative estimate of drug-likeness (QED) is 0.927. The third-order valence-corrected chi connectivity index (χ3v) is 3.65. The van der Waals surface area contributed by atoms with Crippen LogP contribution in [0.2, 0.25) is 5.02 Å². The largest absolute Gasteiger partial charge is 0.323 e. The van der Waals surface area contributed by atoms with Crippen LogP contribution in [0.5, 0.6) is 0 Å². The van der Waals surface area contributed by atoms with Crippen molar-refractivity contribution in [2.75, 3.05) is 0 Å². The lowest BCUT2D eigenvalue weighted by atomic mass is 10.1. The van der Waals surface area contributed by atoms with Gasteiger partial charge in [-0.3, -0.25) is 4.98 Å². The van der Waals surface area contributed by atoms with Crippen LogP contribution in [0.4, 0.5) is 0 Å². The fourth-order valence-corrected chi connectivity index (χ4v) is 2.26. The zero-order valence-electron chi connectivity index (χ0n) is 10.0. The Morgan fingerprint density at radius 1 is 1.22 bits per heavy atom. The van der Waals surface area contributed by atoms with E-state index in [0.717, 1.165) is 22.0 Å². The van der Waals surface area contributed by atoms with Gasteiger partial charge in [0.05, 0.1) is 10.7 Å². The lowest BCUT2D eigenvalue weighted by Crippen LogP contribution is -2.10. The molecule has 5 heteroatoms. The molecule has 0 aliphatic heterocycles. The predicted octanol–water partition coefficient (Wildman–Crippen LogP) is 3.69. The van der Waals surface area contributed by atoms with Crippen LogP contribution in [0, 0.1) is 0 Å². The second-order valence-electron chi connectivity index (χ2n) is 3.85. The molecule has 3 nitrogen and oxygen atoms in total. The van der Waals surface area contributed by atoms with Crippen molar-refractivity contribution < 1.29 is 0 Å². The standard InChI is InChI=1S/C13H14ClN3S/c1-2-11(15)12-5-4-10(8-16-12)18-13-6-3-9(14)7-17-13/h3-8,11H,2,15H2,1H3/t11-/m1/s1. The fourth-order valence-electron chi connectivity index (χ4n) is 1.42. The molecule has 94 valence electrons. The normalized spacial score (nSPS) is 12.4. The fraction of sp³-hybridized carbons (Fsp3) is 0.231. The summed E-state index contributed by atoms with van der Waals surface area (Å²) in [5.74, 6) is 0. The zero-order chi connectivity index (χ0) is 13.0. The molecule has 2 heterocycles. The number of hydrogen-bond acceptors (Lipinski definition) is 4. The van der Waals surface area contributed by atoms with E-state index >= 15 is 0 Å². The number of rotatable bonds is 4. The summed E-state index contributed by atoms with van der Waals surface area (Å²) in [6.07, 6.45) is 4.35. The Balaban J connectivity index is 2.08. The van der Waals surface area contributed by atoms with Crippen molar-refractivity contribution in [3.8, 4) is 0 Å². The number of pyridine rings is 2. The zero-order valence-corrected chi connectivity index (χ0v) is 11.6. The molecule has 18 heavy (non-hydrogen) atoms. The summed E-state index contributed by atoms with van der Waals surface area (Å²) in [6, 6.07) is 7.70. The van der Waals surface area contributed by atoms with E-state index in [1.807, 2.05) is 37.4 Å². The molecule has 2 rings (SSSR count). The smallest absolute Gasteiger partial charge is 0.101 e. The minimum atomic E-state index is 0.0118. The molecule has 0 saturated heterocycles. The molecule has 0 aromatic carbocycles. The highest BCUT2D eigenvalue weighted by Gasteiger charge is 2.05. The Morgan fingerprint density at radius 2 is 2.06 bits per heavy atom. The van der Waals surface area contributed by atoms with Crippen LogP contribution in [0.15, 0.2) is 46.6 Å². The molecular weight excluding hydrogens is 266 g/mol. The summed E-state index contributed by atoms with van der Waals surface area (Å²) in [7, 11) is 0. The van der Waals surface area contributed by atoms with Gasteiger partial charge in [0, 0.05) is 23.3 Å². The second kappa shape index (κ2) is 6.18. The van der Waals surface area contributed by atoms with E-state index in [4.69, 9.17) is 17.3 Å². The maximum Gasteiger partial charge on any atom is 0.101 e. The molecular formula is C13H14ClN3S. The van der Waals surface area contributed by atoms with E-state index in [1.54, 1.807) is 18.0 Å². The molecule has 0 bridgehead atoms. The summed E-state index contributed by atoms with van der Waals surface area (Å²) in [5, 5.41) is 1.54. The van der Waals surface area contributed by atoms with Crippen molar-refractivity contribution in [3.05, 3.63) is 47.4 Å². The highest BCUT2D eigenvalue weighted by atomic mass is 35.5. The van der Waals surface area contributed by atoms with Gasteiger partial charge in [-0.2, -0.15) is 0 Å². The number of nitrogens with two attached hydrogens (primary N) is 1. The first-order valence-electron chi connectivity index (χ1n) is 5.70. The van der Waals surface area contributed by atoms with Gasteiger partial charge < -0.3 is 5.73 Å². The molecule has 0 spiro atoms. The molecule has 2 aromatic rings. The van der Waals surface area contributed by atoms with Crippen LogP contribution in [0.25, 0.3) is 0 Å². The molecule has 2 aromatic heterocycles. The van der Waals surface area contributed by atoms with Gasteiger partial charge in [0.25, 0.3) is 0 Å². The van der Waals surface area contributed by atoms with Gasteiger partial charge in [0.2, 0.25) is 0 Å². The molecule has 2 N–H and O–H groups in total. The number of aromatic nitrogens is 2. The van der Waals surface area contributed by atoms with Gasteiger partial charge in [-0.15, -0.1) is 0 Å². The van der Waals surface area contributed by atoms with Gasteiger partial charge in [0.1, 0.15) is 5.03 Å². The molecule has 1 atom stereocenters. The Kier molecular flexibility index (Phi) is 4.58. The number of halogens is 1. The van der Waals surface area contributed by atoms with Crippen LogP contribution in [0.1, 0.15) is 25.1 Å². The van der Waals surface area contributed by atoms with Crippen LogP contribution in [-0.4, -0.2) is 9.97 Å². The maximum atomic E-state index is 5.92. The summed E-state index contributed by atoms with van der Waals surface area (Å²) in [5.41, 5.74) is 6.84. The third-order valence-electron chi connectivity index (χ3n) is 2.50. The molecule has 0 aliphatic rings. The van der Waals surface area contributed by atoms with Gasteiger partial charge in [0.15, 0.2) is 0 Å². The lowest BCUT2D eigenvalue weighted by Gasteiger charge is -2.08. The first-order chi connectivity index (χ1) is 8.69. The predicted molar refractivity (Wildman–Crippen MR) is 74.8 cm³/mol. The molecule has 0 radical (unpaired) electrons. The first kappa shape index (κ1) is 13.3. The lowest BCUT2D eigenvalue weighted by molar-refractivity contribution is 0.674. The summed E-state index contributed by atoms with van der Waals surface area (Å²) < 4.78 is 0. The summed E-state index contributed by atoms with van der Waals surface area (Å²) in [4.78, 5) is 9.63. The second-order valence-corrected chi connectivity index (χ2v) is 5.38. The Hall–Kier alpha value is -1.10. The van der Waals surface area contributed by atoms with Crippen molar-refractivity contribution in [1.29, 1.82) is 0 Å². The number of hydrogen-bond donors (Lipinski definition) is 1. The molecule has 0 unspecified atom stereocenters. The van der Waals surface area contributed by atoms with E-state index in [0.29, 0.717) is 5.02 Å². The van der Waals surface area contributed by atoms with Crippen molar-refractivity contribution >= 4 is 23.4 Å². The third kappa shape index (κ3) is 3.45. The minimum Gasteiger partial charge on any atom is -0.323 e. The summed E-state index contributed by atoms with van der Waals surface area (Å²) >= 11 is 7.34. The molecule has 0 aliphatic carbocycles. The van der Waals surface area contributed by atoms with Crippen LogP contribution >= 0.6 is 23.4 Å². The van der Waals surface area contributed by atoms with Crippen molar-refractivity contribution in [2.45, 2.75) is 29.3 Å². The maximum absolute atomic E-state index is 5.92. The SMILES string of the molecule is CC[C@@H](N)c1ccc(Sc2ccc(Cl)cn2)cn1. The van der Waals surface area contributed by atoms with Crippen molar-refractivity contribution in [2.24, 2.45) is 5.73 Å². The van der Waals surface area contributed by atoms with Crippen LogP contribution in [-0.2, 0) is 0 Å².